The Labute approximate surface area is 131 Å². The van der Waals surface area contributed by atoms with Crippen molar-refractivity contribution < 1.29 is 4.42 Å². The van der Waals surface area contributed by atoms with Gasteiger partial charge in [-0.1, -0.05) is 23.4 Å². The first-order valence-corrected chi connectivity index (χ1v) is 7.12. The van der Waals surface area contributed by atoms with Gasteiger partial charge in [0.2, 0.25) is 0 Å². The van der Waals surface area contributed by atoms with Gasteiger partial charge in [-0.2, -0.15) is 0 Å². The van der Waals surface area contributed by atoms with E-state index in [1.54, 1.807) is 23.0 Å². The Morgan fingerprint density at radius 3 is 2.87 bits per heavy atom. The Balaban J connectivity index is 1.67. The molecule has 6 heteroatoms. The highest BCUT2D eigenvalue weighted by Crippen LogP contribution is 2.21. The van der Waals surface area contributed by atoms with Crippen LogP contribution in [0.3, 0.4) is 0 Å². The molecule has 23 heavy (non-hydrogen) atoms. The van der Waals surface area contributed by atoms with E-state index in [-0.39, 0.29) is 5.63 Å². The van der Waals surface area contributed by atoms with Crippen LogP contribution in [0.25, 0.3) is 22.2 Å². The van der Waals surface area contributed by atoms with Crippen LogP contribution in [0.4, 0.5) is 0 Å². The summed E-state index contributed by atoms with van der Waals surface area (Å²) in [6, 6.07) is 14.5. The highest BCUT2D eigenvalue weighted by molar-refractivity contribution is 5.81. The molecule has 0 aliphatic carbocycles. The Bertz CT molecular complexity index is 1020. The van der Waals surface area contributed by atoms with E-state index in [1.165, 1.54) is 6.07 Å². The second kappa shape index (κ2) is 5.49. The molecule has 6 nitrogen and oxygen atoms in total. The summed E-state index contributed by atoms with van der Waals surface area (Å²) in [7, 11) is 0. The molecule has 0 spiro atoms. The largest absolute Gasteiger partial charge is 0.423 e. The predicted octanol–water partition coefficient (Wildman–Crippen LogP) is 2.49. The van der Waals surface area contributed by atoms with Gasteiger partial charge < -0.3 is 4.42 Å². The van der Waals surface area contributed by atoms with Crippen molar-refractivity contribution in [1.82, 2.24) is 20.0 Å². The first-order valence-electron chi connectivity index (χ1n) is 7.12. The number of hydrogen-bond donors (Lipinski definition) is 0. The first-order chi connectivity index (χ1) is 11.3. The molecular formula is C17H12N4O2. The van der Waals surface area contributed by atoms with Crippen molar-refractivity contribution in [2.24, 2.45) is 0 Å². The average Bonchev–Trinajstić information content (AvgIpc) is 3.03. The van der Waals surface area contributed by atoms with E-state index in [1.807, 2.05) is 36.5 Å². The molecule has 112 valence electrons. The topological polar surface area (TPSA) is 73.8 Å². The monoisotopic (exact) mass is 304 g/mol. The highest BCUT2D eigenvalue weighted by atomic mass is 16.4. The molecule has 0 aliphatic heterocycles. The van der Waals surface area contributed by atoms with Gasteiger partial charge >= 0.3 is 5.63 Å². The van der Waals surface area contributed by atoms with Crippen molar-refractivity contribution in [3.8, 4) is 11.3 Å². The average molecular weight is 304 g/mol. The van der Waals surface area contributed by atoms with Gasteiger partial charge in [-0.3, -0.25) is 4.98 Å². The third-order valence-electron chi connectivity index (χ3n) is 3.51. The summed E-state index contributed by atoms with van der Waals surface area (Å²) in [5.41, 5.74) is 2.64. The highest BCUT2D eigenvalue weighted by Gasteiger charge is 2.07. The number of pyridine rings is 1. The van der Waals surface area contributed by atoms with Crippen molar-refractivity contribution in [2.45, 2.75) is 6.54 Å². The minimum atomic E-state index is -0.367. The second-order valence-corrected chi connectivity index (χ2v) is 5.13. The second-order valence-electron chi connectivity index (χ2n) is 5.13. The lowest BCUT2D eigenvalue weighted by Gasteiger charge is -2.00. The Hall–Kier alpha value is -3.28. The zero-order valence-electron chi connectivity index (χ0n) is 12.1. The first kappa shape index (κ1) is 13.4. The van der Waals surface area contributed by atoms with Gasteiger partial charge in [0.1, 0.15) is 11.3 Å². The normalized spacial score (nSPS) is 11.0. The fraction of sp³-hybridized carbons (Fsp3) is 0.0588. The summed E-state index contributed by atoms with van der Waals surface area (Å²) in [6.45, 7) is 0.552. The molecule has 1 aromatic carbocycles. The number of nitrogens with zero attached hydrogens (tertiary/aromatic N) is 4. The van der Waals surface area contributed by atoms with E-state index in [0.717, 1.165) is 16.6 Å². The molecule has 0 bridgehead atoms. The lowest BCUT2D eigenvalue weighted by Crippen LogP contribution is -2.01. The molecule has 3 heterocycles. The lowest BCUT2D eigenvalue weighted by molar-refractivity contribution is 0.561. The smallest absolute Gasteiger partial charge is 0.336 e. The molecule has 0 unspecified atom stereocenters. The standard InChI is InChI=1S/C17H12N4O2/c22-17-7-6-12-4-5-13(9-16(12)23-17)15-11-21(20-19-15)10-14-3-1-2-8-18-14/h1-9,11H,10H2. The van der Waals surface area contributed by atoms with Gasteiger partial charge in [-0.25, -0.2) is 9.48 Å². The van der Waals surface area contributed by atoms with Crippen LogP contribution in [-0.4, -0.2) is 20.0 Å². The molecule has 0 saturated carbocycles. The van der Waals surface area contributed by atoms with Gasteiger partial charge in [0.15, 0.2) is 0 Å². The number of fused-ring (bicyclic) bond motifs is 1. The van der Waals surface area contributed by atoms with E-state index in [9.17, 15) is 4.79 Å². The van der Waals surface area contributed by atoms with Crippen LogP contribution < -0.4 is 5.63 Å². The van der Waals surface area contributed by atoms with Crippen molar-refractivity contribution in [3.05, 3.63) is 77.0 Å². The minimum absolute atomic E-state index is 0.367. The van der Waals surface area contributed by atoms with Crippen LogP contribution >= 0.6 is 0 Å². The van der Waals surface area contributed by atoms with Gasteiger partial charge in [-0.15, -0.1) is 5.10 Å². The molecule has 3 aromatic heterocycles. The maximum absolute atomic E-state index is 11.3. The summed E-state index contributed by atoms with van der Waals surface area (Å²) in [4.78, 5) is 15.6. The summed E-state index contributed by atoms with van der Waals surface area (Å²) < 4.78 is 6.93. The molecule has 0 N–H and O–H groups in total. The van der Waals surface area contributed by atoms with Crippen molar-refractivity contribution in [3.63, 3.8) is 0 Å². The zero-order chi connectivity index (χ0) is 15.6. The maximum atomic E-state index is 11.3. The van der Waals surface area contributed by atoms with Crippen LogP contribution in [0.2, 0.25) is 0 Å². The molecular weight excluding hydrogens is 292 g/mol. The van der Waals surface area contributed by atoms with Crippen molar-refractivity contribution in [2.75, 3.05) is 0 Å². The maximum Gasteiger partial charge on any atom is 0.336 e. The summed E-state index contributed by atoms with van der Waals surface area (Å²) in [5, 5.41) is 9.17. The molecule has 0 radical (unpaired) electrons. The number of aromatic nitrogens is 4. The van der Waals surface area contributed by atoms with E-state index in [2.05, 4.69) is 15.3 Å². The Kier molecular flexibility index (Phi) is 3.20. The molecule has 0 aliphatic rings. The number of rotatable bonds is 3. The predicted molar refractivity (Wildman–Crippen MR) is 84.8 cm³/mol. The van der Waals surface area contributed by atoms with Gasteiger partial charge in [0.25, 0.3) is 0 Å². The summed E-state index contributed by atoms with van der Waals surface area (Å²) >= 11 is 0. The SMILES string of the molecule is O=c1ccc2ccc(-c3cn(Cc4ccccn4)nn3)cc2o1. The summed E-state index contributed by atoms with van der Waals surface area (Å²) in [6.07, 6.45) is 3.59. The minimum Gasteiger partial charge on any atom is -0.423 e. The van der Waals surface area contributed by atoms with Crippen LogP contribution in [0, 0.1) is 0 Å². The summed E-state index contributed by atoms with van der Waals surface area (Å²) in [5.74, 6) is 0. The van der Waals surface area contributed by atoms with Gasteiger partial charge in [-0.05, 0) is 24.3 Å². The third-order valence-corrected chi connectivity index (χ3v) is 3.51. The molecule has 0 fully saturated rings. The lowest BCUT2D eigenvalue weighted by atomic mass is 10.1. The number of hydrogen-bond acceptors (Lipinski definition) is 5. The van der Waals surface area contributed by atoms with Gasteiger partial charge in [0, 0.05) is 23.2 Å². The number of benzene rings is 1. The van der Waals surface area contributed by atoms with Crippen LogP contribution in [0.1, 0.15) is 5.69 Å². The Morgan fingerprint density at radius 1 is 1.09 bits per heavy atom. The van der Waals surface area contributed by atoms with Crippen molar-refractivity contribution in [1.29, 1.82) is 0 Å². The molecule has 4 aromatic rings. The fourth-order valence-corrected chi connectivity index (χ4v) is 2.39. The van der Waals surface area contributed by atoms with E-state index in [4.69, 9.17) is 4.42 Å². The van der Waals surface area contributed by atoms with Crippen LogP contribution in [0.15, 0.2) is 70.1 Å². The molecule has 0 saturated heterocycles. The van der Waals surface area contributed by atoms with E-state index < -0.39 is 0 Å². The van der Waals surface area contributed by atoms with Gasteiger partial charge in [0.05, 0.1) is 18.4 Å². The molecule has 0 atom stereocenters. The van der Waals surface area contributed by atoms with E-state index in [0.29, 0.717) is 17.8 Å². The van der Waals surface area contributed by atoms with Crippen LogP contribution in [0.5, 0.6) is 0 Å². The molecule has 4 rings (SSSR count). The fourth-order valence-electron chi connectivity index (χ4n) is 2.39. The quantitative estimate of drug-likeness (QED) is 0.544. The van der Waals surface area contributed by atoms with E-state index >= 15 is 0 Å². The zero-order valence-corrected chi connectivity index (χ0v) is 12.1. The Morgan fingerprint density at radius 2 is 2.00 bits per heavy atom. The van der Waals surface area contributed by atoms with Crippen molar-refractivity contribution >= 4 is 11.0 Å². The molecule has 0 amide bonds. The third kappa shape index (κ3) is 2.74. The van der Waals surface area contributed by atoms with Crippen LogP contribution in [-0.2, 0) is 6.54 Å².